The Kier molecular flexibility index (Phi) is 3.45. The van der Waals surface area contributed by atoms with Gasteiger partial charge in [0.15, 0.2) is 0 Å². The Hall–Kier alpha value is -1.99. The summed E-state index contributed by atoms with van der Waals surface area (Å²) < 4.78 is 38.4. The number of carboxylic acids is 2. The summed E-state index contributed by atoms with van der Waals surface area (Å²) in [6, 6.07) is 0.799. The number of halogens is 3. The van der Waals surface area contributed by atoms with Crippen molar-refractivity contribution in [3.05, 3.63) is 23.5 Å². The second-order valence-electron chi connectivity index (χ2n) is 3.22. The van der Waals surface area contributed by atoms with Crippen molar-refractivity contribution in [2.24, 2.45) is 0 Å². The highest BCUT2D eigenvalue weighted by atomic mass is 19.4. The maximum Gasteiger partial charge on any atom is 0.432 e. The van der Waals surface area contributed by atoms with E-state index in [1.165, 1.54) is 0 Å². The van der Waals surface area contributed by atoms with Gasteiger partial charge in [0.05, 0.1) is 12.0 Å². The van der Waals surface area contributed by atoms with E-state index in [2.05, 4.69) is 0 Å². The lowest BCUT2D eigenvalue weighted by atomic mass is 10.2. The first-order chi connectivity index (χ1) is 7.73. The number of aromatic nitrogens is 1. The van der Waals surface area contributed by atoms with Crippen LogP contribution in [0.1, 0.15) is 22.5 Å². The molecule has 0 spiro atoms. The van der Waals surface area contributed by atoms with Crippen LogP contribution in [0.2, 0.25) is 0 Å². The van der Waals surface area contributed by atoms with Crippen LogP contribution in [0, 0.1) is 0 Å². The first-order valence-corrected chi connectivity index (χ1v) is 4.45. The molecule has 0 saturated carbocycles. The van der Waals surface area contributed by atoms with E-state index in [0.29, 0.717) is 4.57 Å². The Morgan fingerprint density at radius 3 is 2.29 bits per heavy atom. The van der Waals surface area contributed by atoms with Gasteiger partial charge in [-0.15, -0.1) is 0 Å². The first-order valence-electron chi connectivity index (χ1n) is 4.45. The van der Waals surface area contributed by atoms with Gasteiger partial charge in [0.25, 0.3) is 0 Å². The molecule has 1 heterocycles. The molecule has 0 unspecified atom stereocenters. The quantitative estimate of drug-likeness (QED) is 0.853. The molecule has 94 valence electrons. The second-order valence-corrected chi connectivity index (χ2v) is 3.22. The summed E-state index contributed by atoms with van der Waals surface area (Å²) in [5, 5.41) is 17.0. The van der Waals surface area contributed by atoms with Crippen LogP contribution in [0.4, 0.5) is 13.2 Å². The van der Waals surface area contributed by atoms with E-state index in [1.807, 2.05) is 0 Å². The maximum atomic E-state index is 12.6. The van der Waals surface area contributed by atoms with E-state index < -0.39 is 42.3 Å². The van der Waals surface area contributed by atoms with Crippen molar-refractivity contribution in [1.82, 2.24) is 4.57 Å². The smallest absolute Gasteiger partial charge is 0.432 e. The third-order valence-electron chi connectivity index (χ3n) is 2.03. The van der Waals surface area contributed by atoms with Crippen LogP contribution in [-0.4, -0.2) is 26.7 Å². The molecular formula is C9H8F3NO4. The zero-order valence-corrected chi connectivity index (χ0v) is 8.36. The van der Waals surface area contributed by atoms with Gasteiger partial charge in [0.1, 0.15) is 5.69 Å². The summed E-state index contributed by atoms with van der Waals surface area (Å²) in [6.45, 7) is -0.433. The molecule has 0 saturated heterocycles. The molecular weight excluding hydrogens is 243 g/mol. The molecule has 1 aromatic heterocycles. The zero-order valence-electron chi connectivity index (χ0n) is 8.36. The fraction of sp³-hybridized carbons (Fsp3) is 0.333. The van der Waals surface area contributed by atoms with E-state index in [9.17, 15) is 22.8 Å². The number of hydrogen-bond acceptors (Lipinski definition) is 2. The fourth-order valence-electron chi connectivity index (χ4n) is 1.36. The van der Waals surface area contributed by atoms with Gasteiger partial charge < -0.3 is 14.8 Å². The minimum absolute atomic E-state index is 0.433. The first kappa shape index (κ1) is 13.1. The van der Waals surface area contributed by atoms with Crippen molar-refractivity contribution in [3.63, 3.8) is 0 Å². The average molecular weight is 251 g/mol. The van der Waals surface area contributed by atoms with Crippen LogP contribution in [0.3, 0.4) is 0 Å². The highest BCUT2D eigenvalue weighted by Gasteiger charge is 2.39. The number of aliphatic carboxylic acids is 1. The van der Waals surface area contributed by atoms with Gasteiger partial charge in [-0.25, -0.2) is 4.79 Å². The number of hydrogen-bond donors (Lipinski definition) is 2. The Morgan fingerprint density at radius 1 is 1.29 bits per heavy atom. The van der Waals surface area contributed by atoms with Crippen LogP contribution < -0.4 is 0 Å². The third-order valence-corrected chi connectivity index (χ3v) is 2.03. The zero-order chi connectivity index (χ0) is 13.2. The van der Waals surface area contributed by atoms with Gasteiger partial charge in [-0.05, 0) is 6.07 Å². The minimum atomic E-state index is -4.84. The standard InChI is InChI=1S/C9H8F3NO4/c10-9(11,12)7-5(8(16)17)1-3-13(7)4-2-6(14)15/h1,3H,2,4H2,(H,14,15)(H,16,17). The Labute approximate surface area is 93.1 Å². The van der Waals surface area contributed by atoms with E-state index in [4.69, 9.17) is 10.2 Å². The highest BCUT2D eigenvalue weighted by molar-refractivity contribution is 5.89. The van der Waals surface area contributed by atoms with Crippen LogP contribution >= 0.6 is 0 Å². The lowest BCUT2D eigenvalue weighted by Crippen LogP contribution is -2.18. The number of aromatic carboxylic acids is 1. The minimum Gasteiger partial charge on any atom is -0.481 e. The predicted octanol–water partition coefficient (Wildman–Crippen LogP) is 1.68. The summed E-state index contributed by atoms with van der Waals surface area (Å²) in [7, 11) is 0. The van der Waals surface area contributed by atoms with Crippen molar-refractivity contribution >= 4 is 11.9 Å². The van der Waals surface area contributed by atoms with Gasteiger partial charge >= 0.3 is 18.1 Å². The monoisotopic (exact) mass is 251 g/mol. The topological polar surface area (TPSA) is 79.5 Å². The van der Waals surface area contributed by atoms with Crippen LogP contribution in [0.15, 0.2) is 12.3 Å². The summed E-state index contributed by atoms with van der Waals surface area (Å²) in [4.78, 5) is 20.9. The van der Waals surface area contributed by atoms with Gasteiger partial charge in [-0.1, -0.05) is 0 Å². The van der Waals surface area contributed by atoms with E-state index >= 15 is 0 Å². The maximum absolute atomic E-state index is 12.6. The van der Waals surface area contributed by atoms with E-state index in [-0.39, 0.29) is 0 Å². The molecule has 0 aliphatic carbocycles. The molecule has 1 rings (SSSR count). The fourth-order valence-corrected chi connectivity index (χ4v) is 1.36. The molecule has 5 nitrogen and oxygen atoms in total. The SMILES string of the molecule is O=C(O)CCn1ccc(C(=O)O)c1C(F)(F)F. The number of aryl methyl sites for hydroxylation is 1. The molecule has 0 atom stereocenters. The van der Waals surface area contributed by atoms with Crippen molar-refractivity contribution in [1.29, 1.82) is 0 Å². The Morgan fingerprint density at radius 2 is 1.88 bits per heavy atom. The van der Waals surface area contributed by atoms with Gasteiger partial charge in [-0.2, -0.15) is 13.2 Å². The molecule has 17 heavy (non-hydrogen) atoms. The van der Waals surface area contributed by atoms with Gasteiger partial charge in [0, 0.05) is 12.7 Å². The number of rotatable bonds is 4. The molecule has 1 aromatic rings. The Balaban J connectivity index is 3.14. The lowest BCUT2D eigenvalue weighted by Gasteiger charge is -2.12. The molecule has 2 N–H and O–H groups in total. The average Bonchev–Trinajstić information content (AvgIpc) is 2.57. The van der Waals surface area contributed by atoms with Crippen molar-refractivity contribution in [2.75, 3.05) is 0 Å². The summed E-state index contributed by atoms with van der Waals surface area (Å²) >= 11 is 0. The van der Waals surface area contributed by atoms with Crippen molar-refractivity contribution in [2.45, 2.75) is 19.1 Å². The summed E-state index contributed by atoms with van der Waals surface area (Å²) in [5.41, 5.74) is -2.23. The molecule has 0 aliphatic rings. The van der Waals surface area contributed by atoms with Crippen molar-refractivity contribution in [3.8, 4) is 0 Å². The molecule has 0 aromatic carbocycles. The lowest BCUT2D eigenvalue weighted by molar-refractivity contribution is -0.145. The van der Waals surface area contributed by atoms with Crippen LogP contribution in [0.5, 0.6) is 0 Å². The molecule has 0 fully saturated rings. The highest BCUT2D eigenvalue weighted by Crippen LogP contribution is 2.33. The Bertz CT molecular complexity index is 450. The number of carboxylic acid groups (broad SMARTS) is 2. The molecule has 0 bridgehead atoms. The molecule has 0 aliphatic heterocycles. The van der Waals surface area contributed by atoms with Gasteiger partial charge in [0.2, 0.25) is 0 Å². The predicted molar refractivity (Wildman–Crippen MR) is 48.6 cm³/mol. The summed E-state index contributed by atoms with van der Waals surface area (Å²) in [6.07, 6.45) is -4.44. The number of alkyl halides is 3. The molecule has 0 amide bonds. The van der Waals surface area contributed by atoms with Crippen LogP contribution in [-0.2, 0) is 17.5 Å². The number of carbonyl (C=O) groups is 2. The molecule has 0 radical (unpaired) electrons. The summed E-state index contributed by atoms with van der Waals surface area (Å²) in [5.74, 6) is -2.96. The van der Waals surface area contributed by atoms with Crippen LogP contribution in [0.25, 0.3) is 0 Å². The normalized spacial score (nSPS) is 11.5. The van der Waals surface area contributed by atoms with E-state index in [1.54, 1.807) is 0 Å². The largest absolute Gasteiger partial charge is 0.481 e. The molecule has 8 heteroatoms. The van der Waals surface area contributed by atoms with E-state index in [0.717, 1.165) is 12.3 Å². The van der Waals surface area contributed by atoms with Crippen molar-refractivity contribution < 1.29 is 33.0 Å². The second kappa shape index (κ2) is 4.48. The van der Waals surface area contributed by atoms with Gasteiger partial charge in [-0.3, -0.25) is 4.79 Å². The third kappa shape index (κ3) is 2.99. The number of nitrogens with zero attached hydrogens (tertiary/aromatic N) is 1.